The van der Waals surface area contributed by atoms with Crippen molar-refractivity contribution in [2.45, 2.75) is 18.6 Å². The number of primary amides is 1. The maximum atomic E-state index is 13.1. The second-order valence-corrected chi connectivity index (χ2v) is 7.24. The first-order valence-corrected chi connectivity index (χ1v) is 9.12. The highest BCUT2D eigenvalue weighted by Gasteiger charge is 2.36. The van der Waals surface area contributed by atoms with E-state index in [1.807, 2.05) is 0 Å². The summed E-state index contributed by atoms with van der Waals surface area (Å²) in [5.74, 6) is -0.742. The van der Waals surface area contributed by atoms with Crippen molar-refractivity contribution < 1.29 is 22.8 Å². The molecule has 0 aliphatic carbocycles. The van der Waals surface area contributed by atoms with Gasteiger partial charge in [-0.2, -0.15) is 5.10 Å². The molecule has 29 heavy (non-hydrogen) atoms. The summed E-state index contributed by atoms with van der Waals surface area (Å²) in [6, 6.07) is 5.87. The molecule has 2 aromatic rings. The van der Waals surface area contributed by atoms with Crippen LogP contribution in [0.1, 0.15) is 16.1 Å². The van der Waals surface area contributed by atoms with Crippen LogP contribution in [0.5, 0.6) is 0 Å². The maximum absolute atomic E-state index is 13.1. The van der Waals surface area contributed by atoms with E-state index in [4.69, 9.17) is 17.3 Å². The zero-order chi connectivity index (χ0) is 21.2. The maximum Gasteiger partial charge on any atom is 0.318 e. The highest BCUT2D eigenvalue weighted by atomic mass is 35.5. The van der Waals surface area contributed by atoms with Crippen LogP contribution in [0.3, 0.4) is 0 Å². The molecule has 3 rings (SSSR count). The van der Waals surface area contributed by atoms with Gasteiger partial charge in [0.2, 0.25) is 0 Å². The Morgan fingerprint density at radius 1 is 1.21 bits per heavy atom. The highest BCUT2D eigenvalue weighted by molar-refractivity contribution is 6.30. The van der Waals surface area contributed by atoms with E-state index in [9.17, 15) is 22.8 Å². The van der Waals surface area contributed by atoms with Crippen LogP contribution in [0.2, 0.25) is 5.02 Å². The van der Waals surface area contributed by atoms with Gasteiger partial charge in [0, 0.05) is 17.1 Å². The molecular formula is C18H19ClF3N5O2. The van der Waals surface area contributed by atoms with Crippen LogP contribution in [-0.2, 0) is 13.1 Å². The summed E-state index contributed by atoms with van der Waals surface area (Å²) in [5, 5.41) is 6.94. The summed E-state index contributed by atoms with van der Waals surface area (Å²) in [6.07, 6.45) is 0. The number of carbonyl (C=O) groups is 2. The molecule has 0 radical (unpaired) electrons. The van der Waals surface area contributed by atoms with Crippen LogP contribution in [0, 0.1) is 0 Å². The third kappa shape index (κ3) is 4.02. The molecule has 11 heteroatoms. The molecule has 0 saturated heterocycles. The van der Waals surface area contributed by atoms with Crippen molar-refractivity contribution in [1.82, 2.24) is 20.0 Å². The monoisotopic (exact) mass is 429 g/mol. The molecular weight excluding hydrogens is 411 g/mol. The van der Waals surface area contributed by atoms with E-state index in [2.05, 4.69) is 10.4 Å². The van der Waals surface area contributed by atoms with Crippen molar-refractivity contribution in [2.75, 3.05) is 26.6 Å². The van der Waals surface area contributed by atoms with Crippen molar-refractivity contribution in [2.24, 2.45) is 5.73 Å². The molecule has 0 unspecified atom stereocenters. The summed E-state index contributed by atoms with van der Waals surface area (Å²) in [6.45, 7) is -3.88. The molecule has 7 nitrogen and oxygen atoms in total. The molecule has 0 saturated carbocycles. The van der Waals surface area contributed by atoms with Gasteiger partial charge in [-0.25, -0.2) is 18.0 Å². The zero-order valence-corrected chi connectivity index (χ0v) is 16.1. The number of carbonyl (C=O) groups excluding carboxylic acids is 2. The molecule has 1 aromatic heterocycles. The smallest absolute Gasteiger partial charge is 0.318 e. The van der Waals surface area contributed by atoms with Crippen molar-refractivity contribution >= 4 is 23.5 Å². The molecule has 156 valence electrons. The fraction of sp³-hybridized carbons (Fsp3) is 0.389. The summed E-state index contributed by atoms with van der Waals surface area (Å²) in [5.41, 5.74) is 4.74. The van der Waals surface area contributed by atoms with Gasteiger partial charge in [0.1, 0.15) is 31.3 Å². The lowest BCUT2D eigenvalue weighted by atomic mass is 10.0. The molecule has 0 fully saturated rings. The minimum absolute atomic E-state index is 0.0847. The molecule has 3 amide bonds. The number of nitrogens with zero attached hydrogens (tertiary/aromatic N) is 3. The summed E-state index contributed by atoms with van der Waals surface area (Å²) < 4.78 is 40.8. The molecule has 0 bridgehead atoms. The van der Waals surface area contributed by atoms with Crippen LogP contribution in [0.15, 0.2) is 24.3 Å². The molecule has 1 aliphatic rings. The van der Waals surface area contributed by atoms with E-state index >= 15 is 0 Å². The van der Waals surface area contributed by atoms with E-state index in [1.54, 1.807) is 28.9 Å². The van der Waals surface area contributed by atoms with E-state index in [1.165, 1.54) is 4.90 Å². The van der Waals surface area contributed by atoms with Crippen molar-refractivity contribution in [3.8, 4) is 11.3 Å². The van der Waals surface area contributed by atoms with Crippen molar-refractivity contribution in [3.05, 3.63) is 40.5 Å². The predicted molar refractivity (Wildman–Crippen MR) is 101 cm³/mol. The average molecular weight is 430 g/mol. The number of benzene rings is 1. The Kier molecular flexibility index (Phi) is 6.02. The first-order valence-electron chi connectivity index (χ1n) is 8.74. The van der Waals surface area contributed by atoms with Gasteiger partial charge in [0.25, 0.3) is 5.91 Å². The van der Waals surface area contributed by atoms with Gasteiger partial charge in [0.05, 0.1) is 24.3 Å². The minimum atomic E-state index is -2.22. The number of alkyl halides is 3. The number of nitrogens with one attached hydrogen (secondary N) is 1. The van der Waals surface area contributed by atoms with Gasteiger partial charge < -0.3 is 16.0 Å². The molecule has 1 aliphatic heterocycles. The van der Waals surface area contributed by atoms with Gasteiger partial charge in [0.15, 0.2) is 0 Å². The van der Waals surface area contributed by atoms with Crippen LogP contribution in [0.25, 0.3) is 11.3 Å². The molecule has 2 heterocycles. The highest BCUT2D eigenvalue weighted by Crippen LogP contribution is 2.29. The summed E-state index contributed by atoms with van der Waals surface area (Å²) in [7, 11) is 0. The van der Waals surface area contributed by atoms with Gasteiger partial charge in [-0.05, 0) is 12.1 Å². The quantitative estimate of drug-likeness (QED) is 0.738. The van der Waals surface area contributed by atoms with Crippen LogP contribution < -0.4 is 11.1 Å². The average Bonchev–Trinajstić information content (AvgIpc) is 3.11. The van der Waals surface area contributed by atoms with Gasteiger partial charge in [-0.1, -0.05) is 23.7 Å². The number of amides is 3. The van der Waals surface area contributed by atoms with Crippen LogP contribution >= 0.6 is 11.6 Å². The van der Waals surface area contributed by atoms with Gasteiger partial charge >= 0.3 is 6.03 Å². The fourth-order valence-electron chi connectivity index (χ4n) is 3.10. The first kappa shape index (κ1) is 21.0. The topological polar surface area (TPSA) is 93.2 Å². The number of fused-ring (bicyclic) bond motifs is 1. The number of hydrogen-bond donors (Lipinski definition) is 2. The third-order valence-corrected chi connectivity index (χ3v) is 4.99. The van der Waals surface area contributed by atoms with Crippen molar-refractivity contribution in [1.29, 1.82) is 0 Å². The second-order valence-electron chi connectivity index (χ2n) is 6.80. The molecule has 0 atom stereocenters. The number of nitrogens with two attached hydrogens (primary N) is 1. The number of halogens is 4. The van der Waals surface area contributed by atoms with Gasteiger partial charge in [-0.3, -0.25) is 9.48 Å². The number of aromatic nitrogens is 2. The molecule has 0 spiro atoms. The van der Waals surface area contributed by atoms with E-state index in [-0.39, 0.29) is 25.2 Å². The summed E-state index contributed by atoms with van der Waals surface area (Å²) in [4.78, 5) is 25.8. The SMILES string of the molecule is NC(=O)c1c(-c2cccc(Cl)c2)nn2c1CN(C(=O)NC(CF)(CF)CF)CC2. The molecule has 1 aromatic carbocycles. The Balaban J connectivity index is 1.92. The zero-order valence-electron chi connectivity index (χ0n) is 15.3. The Morgan fingerprint density at radius 3 is 2.48 bits per heavy atom. The standard InChI is InChI=1S/C18H19ClF3N5O2/c19-12-3-1-2-11(6-12)15-14(16(23)28)13-7-26(4-5-27(13)25-15)17(29)24-18(8-20,9-21)10-22/h1-3,6H,4-5,7-10H2,(H2,23,28)(H,24,29). The summed E-state index contributed by atoms with van der Waals surface area (Å²) >= 11 is 6.02. The Morgan fingerprint density at radius 2 is 1.90 bits per heavy atom. The second kappa shape index (κ2) is 8.32. The fourth-order valence-corrected chi connectivity index (χ4v) is 3.29. The number of rotatable bonds is 6. The Hall–Kier alpha value is -2.75. The van der Waals surface area contributed by atoms with Gasteiger partial charge in [-0.15, -0.1) is 0 Å². The lowest BCUT2D eigenvalue weighted by molar-refractivity contribution is 0.0996. The Bertz CT molecular complexity index is 924. The van der Waals surface area contributed by atoms with E-state index in [0.29, 0.717) is 22.0 Å². The normalized spacial score (nSPS) is 13.9. The lowest BCUT2D eigenvalue weighted by Crippen LogP contribution is -2.58. The molecule has 3 N–H and O–H groups in total. The predicted octanol–water partition coefficient (Wildman–Crippen LogP) is 2.47. The van der Waals surface area contributed by atoms with Crippen molar-refractivity contribution in [3.63, 3.8) is 0 Å². The number of hydrogen-bond acceptors (Lipinski definition) is 3. The van der Waals surface area contributed by atoms with E-state index in [0.717, 1.165) is 0 Å². The third-order valence-electron chi connectivity index (χ3n) is 4.75. The lowest BCUT2D eigenvalue weighted by Gasteiger charge is -2.33. The van der Waals surface area contributed by atoms with E-state index < -0.39 is 37.5 Å². The number of urea groups is 1. The minimum Gasteiger partial charge on any atom is -0.365 e. The largest absolute Gasteiger partial charge is 0.365 e. The first-order chi connectivity index (χ1) is 13.8. The Labute approximate surface area is 169 Å². The van der Waals surface area contributed by atoms with Crippen LogP contribution in [0.4, 0.5) is 18.0 Å². The van der Waals surface area contributed by atoms with Crippen LogP contribution in [-0.4, -0.2) is 58.7 Å².